The number of hydrogen-bond acceptors (Lipinski definition) is 8. The minimum Gasteiger partial charge on any atom is -0.345 e. The highest BCUT2D eigenvalue weighted by Crippen LogP contribution is 2.35. The number of fused-ring (bicyclic) bond motifs is 2. The second kappa shape index (κ2) is 9.84. The maximum atomic E-state index is 13.7. The van der Waals surface area contributed by atoms with Crippen LogP contribution < -0.4 is 10.5 Å². The second-order valence-electron chi connectivity index (χ2n) is 10.9. The molecule has 200 valence electrons. The molecule has 2 aromatic carbocycles. The number of H-pyrrole nitrogens is 1. The van der Waals surface area contributed by atoms with E-state index in [0.717, 1.165) is 77.5 Å². The van der Waals surface area contributed by atoms with Gasteiger partial charge in [0, 0.05) is 42.6 Å². The minimum absolute atomic E-state index is 0.0768. The molecule has 1 aliphatic carbocycles. The van der Waals surface area contributed by atoms with Crippen molar-refractivity contribution in [1.29, 1.82) is 0 Å². The number of aryl methyl sites for hydroxylation is 2. The van der Waals surface area contributed by atoms with E-state index in [9.17, 15) is 4.79 Å². The van der Waals surface area contributed by atoms with Crippen molar-refractivity contribution in [3.8, 4) is 0 Å². The molecule has 3 aromatic heterocycles. The molecule has 0 bridgehead atoms. The first-order chi connectivity index (χ1) is 19.0. The van der Waals surface area contributed by atoms with Gasteiger partial charge in [0.15, 0.2) is 11.0 Å². The van der Waals surface area contributed by atoms with Gasteiger partial charge in [-0.3, -0.25) is 9.69 Å². The van der Waals surface area contributed by atoms with Crippen LogP contribution in [0.25, 0.3) is 21.1 Å². The van der Waals surface area contributed by atoms with Crippen LogP contribution in [-0.2, 0) is 0 Å². The third-order valence-electron chi connectivity index (χ3n) is 8.30. The zero-order valence-electron chi connectivity index (χ0n) is 22.3. The number of nitrogens with zero attached hydrogens (tertiary/aromatic N) is 7. The standard InChI is InChI=1S/C29H32N8OS/c1-18-15-19(2)21-17-22(28(38)30-24(21)16-18)26(27-32-33-34-37(27)20-7-3-4-8-20)35-11-13-36(14-12-35)29-31-23-9-5-6-10-25(23)39-29/h5-6,9-10,15-17,20,26H,3-4,7-8,11-14H2,1-2H3,(H,30,38)/t26-/m1/s1. The van der Waals surface area contributed by atoms with Crippen molar-refractivity contribution in [2.24, 2.45) is 0 Å². The predicted octanol–water partition coefficient (Wildman–Crippen LogP) is 4.77. The molecule has 0 spiro atoms. The molecule has 10 heteroatoms. The zero-order valence-corrected chi connectivity index (χ0v) is 23.1. The highest BCUT2D eigenvalue weighted by Gasteiger charge is 2.35. The Morgan fingerprint density at radius 2 is 1.82 bits per heavy atom. The maximum absolute atomic E-state index is 13.7. The molecule has 2 fully saturated rings. The lowest BCUT2D eigenvalue weighted by Gasteiger charge is -2.38. The first-order valence-corrected chi connectivity index (χ1v) is 14.6. The van der Waals surface area contributed by atoms with E-state index in [4.69, 9.17) is 4.98 Å². The number of anilines is 1. The Bertz CT molecular complexity index is 1670. The van der Waals surface area contributed by atoms with Crippen molar-refractivity contribution in [2.75, 3.05) is 31.1 Å². The Kier molecular flexibility index (Phi) is 6.16. The summed E-state index contributed by atoms with van der Waals surface area (Å²) in [5.74, 6) is 0.768. The van der Waals surface area contributed by atoms with Crippen LogP contribution >= 0.6 is 11.3 Å². The first-order valence-electron chi connectivity index (χ1n) is 13.8. The van der Waals surface area contributed by atoms with Crippen LogP contribution in [0.5, 0.6) is 0 Å². The molecule has 5 aromatic rings. The second-order valence-corrected chi connectivity index (χ2v) is 11.9. The smallest absolute Gasteiger partial charge is 0.253 e. The van der Waals surface area contributed by atoms with E-state index in [2.05, 4.69) is 74.5 Å². The average molecular weight is 541 g/mol. The minimum atomic E-state index is -0.327. The van der Waals surface area contributed by atoms with Crippen molar-refractivity contribution in [1.82, 2.24) is 35.1 Å². The number of benzene rings is 2. The zero-order chi connectivity index (χ0) is 26.5. The average Bonchev–Trinajstić information content (AvgIpc) is 3.70. The molecule has 2 aliphatic rings. The van der Waals surface area contributed by atoms with Gasteiger partial charge in [0.25, 0.3) is 5.56 Å². The summed E-state index contributed by atoms with van der Waals surface area (Å²) in [5.41, 5.74) is 4.83. The van der Waals surface area contributed by atoms with Gasteiger partial charge in [-0.2, -0.15) is 0 Å². The number of tetrazole rings is 1. The van der Waals surface area contributed by atoms with E-state index in [1.54, 1.807) is 11.3 Å². The van der Waals surface area contributed by atoms with Crippen LogP contribution in [-0.4, -0.2) is 61.3 Å². The van der Waals surface area contributed by atoms with Gasteiger partial charge in [-0.15, -0.1) is 5.10 Å². The highest BCUT2D eigenvalue weighted by molar-refractivity contribution is 7.22. The number of aromatic nitrogens is 6. The number of piperazine rings is 1. The van der Waals surface area contributed by atoms with E-state index in [1.165, 1.54) is 17.5 Å². The Labute approximate surface area is 230 Å². The van der Waals surface area contributed by atoms with Gasteiger partial charge in [-0.25, -0.2) is 9.67 Å². The molecule has 1 atom stereocenters. The Balaban J connectivity index is 1.27. The van der Waals surface area contributed by atoms with E-state index in [-0.39, 0.29) is 17.6 Å². The van der Waals surface area contributed by atoms with Crippen LogP contribution in [0, 0.1) is 13.8 Å². The summed E-state index contributed by atoms with van der Waals surface area (Å²) in [5, 5.41) is 15.2. The number of hydrogen-bond donors (Lipinski definition) is 1. The summed E-state index contributed by atoms with van der Waals surface area (Å²) in [7, 11) is 0. The molecule has 0 radical (unpaired) electrons. The van der Waals surface area contributed by atoms with Gasteiger partial charge in [-0.1, -0.05) is 42.4 Å². The van der Waals surface area contributed by atoms with Crippen molar-refractivity contribution < 1.29 is 0 Å². The fourth-order valence-electron chi connectivity index (χ4n) is 6.35. The summed E-state index contributed by atoms with van der Waals surface area (Å²) in [6.45, 7) is 7.37. The normalized spacial score (nSPS) is 17.9. The maximum Gasteiger partial charge on any atom is 0.253 e. The van der Waals surface area contributed by atoms with Crippen molar-refractivity contribution in [3.05, 3.63) is 75.3 Å². The fourth-order valence-corrected chi connectivity index (χ4v) is 7.36. The number of para-hydroxylation sites is 1. The lowest BCUT2D eigenvalue weighted by molar-refractivity contribution is 0.197. The molecule has 1 aliphatic heterocycles. The van der Waals surface area contributed by atoms with Gasteiger partial charge in [-0.05, 0) is 72.5 Å². The summed E-state index contributed by atoms with van der Waals surface area (Å²) >= 11 is 1.74. The molecule has 0 amide bonds. The topological polar surface area (TPSA) is 95.8 Å². The van der Waals surface area contributed by atoms with Crippen molar-refractivity contribution in [3.63, 3.8) is 0 Å². The van der Waals surface area contributed by atoms with Gasteiger partial charge >= 0.3 is 0 Å². The quantitative estimate of drug-likeness (QED) is 0.343. The SMILES string of the molecule is Cc1cc(C)c2cc([C@H](c3nnnn3C3CCCC3)N3CCN(c4nc5ccccc5s4)CC3)c(=O)[nH]c2c1. The van der Waals surface area contributed by atoms with Crippen LogP contribution in [0.3, 0.4) is 0 Å². The molecule has 1 N–H and O–H groups in total. The number of rotatable bonds is 5. The predicted molar refractivity (Wildman–Crippen MR) is 155 cm³/mol. The van der Waals surface area contributed by atoms with E-state index < -0.39 is 0 Å². The Morgan fingerprint density at radius 3 is 2.62 bits per heavy atom. The monoisotopic (exact) mass is 540 g/mol. The molecule has 1 saturated heterocycles. The number of aromatic amines is 1. The highest BCUT2D eigenvalue weighted by atomic mass is 32.1. The number of nitrogens with one attached hydrogen (secondary N) is 1. The van der Waals surface area contributed by atoms with E-state index in [1.807, 2.05) is 16.8 Å². The van der Waals surface area contributed by atoms with Crippen LogP contribution in [0.4, 0.5) is 5.13 Å². The molecule has 39 heavy (non-hydrogen) atoms. The largest absolute Gasteiger partial charge is 0.345 e. The van der Waals surface area contributed by atoms with E-state index >= 15 is 0 Å². The van der Waals surface area contributed by atoms with Gasteiger partial charge in [0.1, 0.15) is 6.04 Å². The van der Waals surface area contributed by atoms with Crippen LogP contribution in [0.1, 0.15) is 60.3 Å². The fraction of sp³-hybridized carbons (Fsp3) is 0.414. The van der Waals surface area contributed by atoms with Gasteiger partial charge in [0.2, 0.25) is 0 Å². The lowest BCUT2D eigenvalue weighted by Crippen LogP contribution is -2.49. The van der Waals surface area contributed by atoms with E-state index in [0.29, 0.717) is 5.56 Å². The molecule has 0 unspecified atom stereocenters. The van der Waals surface area contributed by atoms with Gasteiger partial charge < -0.3 is 9.88 Å². The first kappa shape index (κ1) is 24.4. The molecule has 1 saturated carbocycles. The Hall–Kier alpha value is -3.63. The molecule has 4 heterocycles. The third kappa shape index (κ3) is 4.41. The number of thiazole rings is 1. The summed E-state index contributed by atoms with van der Waals surface area (Å²) in [6.07, 6.45) is 4.51. The Morgan fingerprint density at radius 1 is 1.03 bits per heavy atom. The summed E-state index contributed by atoms with van der Waals surface area (Å²) < 4.78 is 3.21. The molecule has 9 nitrogen and oxygen atoms in total. The molecular formula is C29H32N8OS. The third-order valence-corrected chi connectivity index (χ3v) is 9.40. The molecule has 7 rings (SSSR count). The van der Waals surface area contributed by atoms with Crippen LogP contribution in [0.15, 0.2) is 47.3 Å². The van der Waals surface area contributed by atoms with Crippen molar-refractivity contribution >= 4 is 37.6 Å². The van der Waals surface area contributed by atoms with Crippen molar-refractivity contribution in [2.45, 2.75) is 51.6 Å². The lowest BCUT2D eigenvalue weighted by atomic mass is 9.99. The van der Waals surface area contributed by atoms with Crippen LogP contribution in [0.2, 0.25) is 0 Å². The summed E-state index contributed by atoms with van der Waals surface area (Å²) in [4.78, 5) is 26.5. The molecular weight excluding hydrogens is 508 g/mol. The number of pyridine rings is 1. The van der Waals surface area contributed by atoms with Gasteiger partial charge in [0.05, 0.1) is 16.3 Å². The summed E-state index contributed by atoms with van der Waals surface area (Å²) in [6, 6.07) is 14.5.